The quantitative estimate of drug-likeness (QED) is 0.424. The van der Waals surface area contributed by atoms with E-state index in [0.717, 1.165) is 0 Å². The molecular formula is C5H10FOP. The Morgan fingerprint density at radius 2 is 2.38 bits per heavy atom. The Morgan fingerprint density at radius 1 is 1.88 bits per heavy atom. The van der Waals surface area contributed by atoms with E-state index in [1.165, 1.54) is 6.08 Å². The average Bonchev–Trinajstić information content (AvgIpc) is 1.65. The minimum atomic E-state index is -1.28. The predicted molar refractivity (Wildman–Crippen MR) is 35.3 cm³/mol. The van der Waals surface area contributed by atoms with Gasteiger partial charge in [0.15, 0.2) is 0 Å². The first kappa shape index (κ1) is 8.06. The van der Waals surface area contributed by atoms with Crippen molar-refractivity contribution in [3.8, 4) is 0 Å². The van der Waals surface area contributed by atoms with E-state index in [9.17, 15) is 4.39 Å². The molecule has 0 heterocycles. The van der Waals surface area contributed by atoms with E-state index in [-0.39, 0.29) is 6.10 Å². The molecule has 0 radical (unpaired) electrons. The van der Waals surface area contributed by atoms with Gasteiger partial charge < -0.3 is 4.74 Å². The lowest BCUT2D eigenvalue weighted by Crippen LogP contribution is -2.06. The van der Waals surface area contributed by atoms with Gasteiger partial charge in [0.25, 0.3) is 0 Å². The van der Waals surface area contributed by atoms with E-state index in [1.54, 1.807) is 6.92 Å². The molecule has 0 saturated heterocycles. The minimum Gasteiger partial charge on any atom is -0.338 e. The van der Waals surface area contributed by atoms with Crippen molar-refractivity contribution in [2.45, 2.75) is 19.1 Å². The predicted octanol–water partition coefficient (Wildman–Crippen LogP) is 1.71. The molecule has 3 unspecified atom stereocenters. The molecule has 0 aromatic rings. The number of hydrogen-bond donors (Lipinski definition) is 0. The van der Waals surface area contributed by atoms with E-state index >= 15 is 0 Å². The number of rotatable bonds is 3. The molecule has 0 aliphatic carbocycles. The lowest BCUT2D eigenvalue weighted by molar-refractivity contribution is 0.000892. The Morgan fingerprint density at radius 3 is 2.50 bits per heavy atom. The van der Waals surface area contributed by atoms with Gasteiger partial charge in [0, 0.05) is 0 Å². The van der Waals surface area contributed by atoms with Crippen LogP contribution in [0.4, 0.5) is 4.39 Å². The summed E-state index contributed by atoms with van der Waals surface area (Å²) in [4.78, 5) is 0. The molecule has 0 aromatic heterocycles. The molecule has 0 aromatic carbocycles. The van der Waals surface area contributed by atoms with Crippen LogP contribution in [0.3, 0.4) is 0 Å². The zero-order chi connectivity index (χ0) is 6.57. The van der Waals surface area contributed by atoms with Gasteiger partial charge in [0.05, 0.1) is 6.10 Å². The third kappa shape index (κ3) is 4.23. The van der Waals surface area contributed by atoms with E-state index in [2.05, 4.69) is 11.3 Å². The lowest BCUT2D eigenvalue weighted by Gasteiger charge is -2.07. The van der Waals surface area contributed by atoms with Crippen LogP contribution in [0, 0.1) is 0 Å². The van der Waals surface area contributed by atoms with Crippen molar-refractivity contribution in [3.63, 3.8) is 0 Å². The Hall–Kier alpha value is 0.0600. The molecule has 3 atom stereocenters. The maximum atomic E-state index is 11.8. The fourth-order valence-corrected chi connectivity index (χ4v) is 0.508. The number of alkyl halides is 1. The van der Waals surface area contributed by atoms with Crippen LogP contribution in [0.2, 0.25) is 0 Å². The second kappa shape index (κ2) is 3.99. The van der Waals surface area contributed by atoms with Crippen LogP contribution >= 0.6 is 9.24 Å². The maximum absolute atomic E-state index is 11.8. The molecule has 48 valence electrons. The van der Waals surface area contributed by atoms with Crippen molar-refractivity contribution < 1.29 is 9.13 Å². The third-order valence-electron chi connectivity index (χ3n) is 0.677. The number of halogens is 1. The molecule has 8 heavy (non-hydrogen) atoms. The highest BCUT2D eigenvalue weighted by Gasteiger charge is 2.00. The van der Waals surface area contributed by atoms with Gasteiger partial charge in [-0.1, -0.05) is 15.3 Å². The normalized spacial score (nSPS) is 17.4. The maximum Gasteiger partial charge on any atom is 0.211 e. The van der Waals surface area contributed by atoms with Crippen molar-refractivity contribution in [1.29, 1.82) is 0 Å². The van der Waals surface area contributed by atoms with Crippen molar-refractivity contribution in [2.75, 3.05) is 0 Å². The van der Waals surface area contributed by atoms with Crippen LogP contribution in [0.5, 0.6) is 0 Å². The Bertz CT molecular complexity index is 74.8. The van der Waals surface area contributed by atoms with Crippen LogP contribution in [0.15, 0.2) is 12.7 Å². The molecule has 0 aliphatic heterocycles. The van der Waals surface area contributed by atoms with Crippen LogP contribution in [0.25, 0.3) is 0 Å². The summed E-state index contributed by atoms with van der Waals surface area (Å²) >= 11 is 0. The summed E-state index contributed by atoms with van der Waals surface area (Å²) in [5, 5.41) is 0. The molecule has 0 amide bonds. The minimum absolute atomic E-state index is 0.206. The highest BCUT2D eigenvalue weighted by molar-refractivity contribution is 7.16. The fraction of sp³-hybridized carbons (Fsp3) is 0.600. The zero-order valence-corrected chi connectivity index (χ0v) is 5.96. The van der Waals surface area contributed by atoms with Crippen molar-refractivity contribution >= 4 is 9.24 Å². The largest absolute Gasteiger partial charge is 0.338 e. The standard InChI is InChI=1S/C5H10FOP/c1-3-4(2)7-5(6)8/h3-5H,1,8H2,2H3. The van der Waals surface area contributed by atoms with Gasteiger partial charge in [-0.15, -0.1) is 6.58 Å². The molecule has 0 bridgehead atoms. The molecule has 0 rings (SSSR count). The smallest absolute Gasteiger partial charge is 0.211 e. The first-order valence-electron chi connectivity index (χ1n) is 2.34. The third-order valence-corrected chi connectivity index (χ3v) is 0.834. The van der Waals surface area contributed by atoms with Gasteiger partial charge >= 0.3 is 0 Å². The molecule has 0 saturated carbocycles. The van der Waals surface area contributed by atoms with Gasteiger partial charge in [0.1, 0.15) is 0 Å². The van der Waals surface area contributed by atoms with Gasteiger partial charge in [-0.25, -0.2) is 4.39 Å². The molecule has 0 N–H and O–H groups in total. The van der Waals surface area contributed by atoms with Gasteiger partial charge in [-0.05, 0) is 6.92 Å². The van der Waals surface area contributed by atoms with Gasteiger partial charge in [0.2, 0.25) is 6.10 Å². The summed E-state index contributed by atoms with van der Waals surface area (Å²) < 4.78 is 16.4. The number of hydrogen-bond acceptors (Lipinski definition) is 1. The summed E-state index contributed by atoms with van der Waals surface area (Å²) in [7, 11) is 1.89. The summed E-state index contributed by atoms with van der Waals surface area (Å²) in [6.07, 6.45) is 0.0573. The number of ether oxygens (including phenoxy) is 1. The SMILES string of the molecule is C=CC(C)OC(F)P. The molecule has 1 nitrogen and oxygen atoms in total. The highest BCUT2D eigenvalue weighted by atomic mass is 31.0. The average molecular weight is 136 g/mol. The summed E-state index contributed by atoms with van der Waals surface area (Å²) in [6, 6.07) is 0. The first-order valence-corrected chi connectivity index (χ1v) is 3.01. The van der Waals surface area contributed by atoms with Crippen molar-refractivity contribution in [2.24, 2.45) is 0 Å². The molecular weight excluding hydrogens is 126 g/mol. The van der Waals surface area contributed by atoms with E-state index in [4.69, 9.17) is 0 Å². The van der Waals surface area contributed by atoms with Gasteiger partial charge in [-0.3, -0.25) is 0 Å². The molecule has 3 heteroatoms. The topological polar surface area (TPSA) is 9.23 Å². The highest BCUT2D eigenvalue weighted by Crippen LogP contribution is 2.06. The summed E-state index contributed by atoms with van der Waals surface area (Å²) in [5.41, 5.74) is 0. The molecule has 0 aliphatic rings. The summed E-state index contributed by atoms with van der Waals surface area (Å²) in [6.45, 7) is 5.14. The van der Waals surface area contributed by atoms with Crippen LogP contribution in [-0.2, 0) is 4.74 Å². The van der Waals surface area contributed by atoms with E-state index < -0.39 is 6.10 Å². The van der Waals surface area contributed by atoms with E-state index in [1.807, 2.05) is 9.24 Å². The monoisotopic (exact) mass is 136 g/mol. The van der Waals surface area contributed by atoms with Crippen LogP contribution in [-0.4, -0.2) is 12.2 Å². The summed E-state index contributed by atoms with van der Waals surface area (Å²) in [5.74, 6) is 0. The van der Waals surface area contributed by atoms with E-state index in [0.29, 0.717) is 0 Å². The first-order chi connectivity index (χ1) is 3.66. The Balaban J connectivity index is 3.23. The zero-order valence-electron chi connectivity index (χ0n) is 4.80. The second-order valence-electron chi connectivity index (χ2n) is 1.43. The van der Waals surface area contributed by atoms with Gasteiger partial charge in [-0.2, -0.15) is 0 Å². The Kier molecular flexibility index (Phi) is 4.02. The fourth-order valence-electron chi connectivity index (χ4n) is 0.261. The molecule has 0 spiro atoms. The Labute approximate surface area is 51.1 Å². The lowest BCUT2D eigenvalue weighted by atomic mass is 10.4. The second-order valence-corrected chi connectivity index (χ2v) is 1.95. The van der Waals surface area contributed by atoms with Crippen molar-refractivity contribution in [1.82, 2.24) is 0 Å². The molecule has 0 fully saturated rings. The van der Waals surface area contributed by atoms with Crippen LogP contribution < -0.4 is 0 Å². The van der Waals surface area contributed by atoms with Crippen LogP contribution in [0.1, 0.15) is 6.92 Å². The van der Waals surface area contributed by atoms with Crippen molar-refractivity contribution in [3.05, 3.63) is 12.7 Å².